The Morgan fingerprint density at radius 3 is 1.38 bits per heavy atom. The van der Waals surface area contributed by atoms with Crippen molar-refractivity contribution in [1.82, 2.24) is 0 Å². The molecule has 3 heteroatoms. The van der Waals surface area contributed by atoms with Crippen LogP contribution in [0.5, 0.6) is 0 Å². The lowest BCUT2D eigenvalue weighted by Crippen LogP contribution is -2.09. The highest BCUT2D eigenvalue weighted by Crippen LogP contribution is 2.12. The third kappa shape index (κ3) is 14.0. The largest absolute Gasteiger partial charge is 0.451 e. The van der Waals surface area contributed by atoms with Crippen molar-refractivity contribution in [3.63, 3.8) is 0 Å². The van der Waals surface area contributed by atoms with Gasteiger partial charge in [-0.2, -0.15) is 0 Å². The van der Waals surface area contributed by atoms with Gasteiger partial charge in [-0.05, 0) is 6.32 Å². The Kier molecular flexibility index (Phi) is 13.0. The van der Waals surface area contributed by atoms with Crippen molar-refractivity contribution in [2.75, 3.05) is 0 Å². The van der Waals surface area contributed by atoms with Gasteiger partial charge in [0.15, 0.2) is 0 Å². The Morgan fingerprint density at radius 1 is 0.625 bits per heavy atom. The average molecular weight is 228 g/mol. The van der Waals surface area contributed by atoms with E-state index < -0.39 is 7.12 Å². The van der Waals surface area contributed by atoms with Crippen molar-refractivity contribution in [2.24, 2.45) is 0 Å². The maximum atomic E-state index is 8.65. The van der Waals surface area contributed by atoms with E-state index >= 15 is 0 Å². The Balaban J connectivity index is 2.88. The fraction of sp³-hybridized carbons (Fsp3) is 1.00. The van der Waals surface area contributed by atoms with Gasteiger partial charge in [0.1, 0.15) is 0 Å². The molecular weight excluding hydrogens is 199 g/mol. The predicted octanol–water partition coefficient (Wildman–Crippen LogP) is 3.77. The maximum Gasteiger partial charge on any atom is 0.451 e. The SMILES string of the molecule is CCCCCCCCCCCCCB(O)O. The van der Waals surface area contributed by atoms with Gasteiger partial charge in [0.2, 0.25) is 0 Å². The molecule has 0 bridgehead atoms. The van der Waals surface area contributed by atoms with Crippen molar-refractivity contribution >= 4 is 7.12 Å². The van der Waals surface area contributed by atoms with Crippen LogP contribution in [0.1, 0.15) is 77.6 Å². The first-order valence-electron chi connectivity index (χ1n) is 7.13. The highest BCUT2D eigenvalue weighted by atomic mass is 16.4. The van der Waals surface area contributed by atoms with Crippen molar-refractivity contribution in [3.8, 4) is 0 Å². The van der Waals surface area contributed by atoms with Gasteiger partial charge in [-0.1, -0.05) is 77.6 Å². The molecule has 0 rings (SSSR count). The minimum atomic E-state index is -1.10. The van der Waals surface area contributed by atoms with Crippen LogP contribution in [0.2, 0.25) is 6.32 Å². The quantitative estimate of drug-likeness (QED) is 0.394. The molecular formula is C13H29BO2. The second-order valence-corrected chi connectivity index (χ2v) is 4.80. The first kappa shape index (κ1) is 16.0. The topological polar surface area (TPSA) is 40.5 Å². The molecule has 2 N–H and O–H groups in total. The molecule has 0 aromatic rings. The molecule has 0 spiro atoms. The van der Waals surface area contributed by atoms with Gasteiger partial charge in [0, 0.05) is 0 Å². The lowest BCUT2D eigenvalue weighted by Gasteiger charge is -2.02. The van der Waals surface area contributed by atoms with Crippen molar-refractivity contribution in [1.29, 1.82) is 0 Å². The summed E-state index contributed by atoms with van der Waals surface area (Å²) in [5, 5.41) is 17.3. The summed E-state index contributed by atoms with van der Waals surface area (Å²) in [6, 6.07) is 0. The molecule has 0 aromatic heterocycles. The van der Waals surface area contributed by atoms with Crippen LogP contribution in [0, 0.1) is 0 Å². The third-order valence-electron chi connectivity index (χ3n) is 3.07. The monoisotopic (exact) mass is 228 g/mol. The number of rotatable bonds is 12. The van der Waals surface area contributed by atoms with E-state index in [-0.39, 0.29) is 0 Å². The van der Waals surface area contributed by atoms with E-state index in [0.29, 0.717) is 6.32 Å². The second kappa shape index (κ2) is 13.1. The highest BCUT2D eigenvalue weighted by molar-refractivity contribution is 6.40. The third-order valence-corrected chi connectivity index (χ3v) is 3.07. The summed E-state index contributed by atoms with van der Waals surface area (Å²) in [5.74, 6) is 0. The van der Waals surface area contributed by atoms with Crippen molar-refractivity contribution in [3.05, 3.63) is 0 Å². The smallest absolute Gasteiger partial charge is 0.427 e. The Bertz CT molecular complexity index is 129. The van der Waals surface area contributed by atoms with Gasteiger partial charge in [0.25, 0.3) is 0 Å². The van der Waals surface area contributed by atoms with Crippen LogP contribution in [0.25, 0.3) is 0 Å². The van der Waals surface area contributed by atoms with E-state index in [1.807, 2.05) is 0 Å². The fourth-order valence-electron chi connectivity index (χ4n) is 1.99. The van der Waals surface area contributed by atoms with Crippen LogP contribution in [0.15, 0.2) is 0 Å². The van der Waals surface area contributed by atoms with Crippen LogP contribution in [-0.2, 0) is 0 Å². The van der Waals surface area contributed by atoms with Gasteiger partial charge >= 0.3 is 7.12 Å². The van der Waals surface area contributed by atoms with Gasteiger partial charge in [0.05, 0.1) is 0 Å². The number of unbranched alkanes of at least 4 members (excludes halogenated alkanes) is 10. The normalized spacial score (nSPS) is 10.7. The van der Waals surface area contributed by atoms with Gasteiger partial charge in [-0.3, -0.25) is 0 Å². The Hall–Kier alpha value is -0.0151. The summed E-state index contributed by atoms with van der Waals surface area (Å²) in [6.07, 6.45) is 14.9. The molecule has 0 saturated heterocycles. The van der Waals surface area contributed by atoms with Gasteiger partial charge < -0.3 is 10.0 Å². The molecule has 2 nitrogen and oxygen atoms in total. The van der Waals surface area contributed by atoms with E-state index in [4.69, 9.17) is 10.0 Å². The summed E-state index contributed by atoms with van der Waals surface area (Å²) in [7, 11) is -1.10. The fourth-order valence-corrected chi connectivity index (χ4v) is 1.99. The predicted molar refractivity (Wildman–Crippen MR) is 71.5 cm³/mol. The molecule has 0 aliphatic rings. The van der Waals surface area contributed by atoms with Crippen molar-refractivity contribution < 1.29 is 10.0 Å². The molecule has 16 heavy (non-hydrogen) atoms. The lowest BCUT2D eigenvalue weighted by molar-refractivity contribution is 0.401. The maximum absolute atomic E-state index is 8.65. The molecule has 0 atom stereocenters. The van der Waals surface area contributed by atoms with Crippen LogP contribution < -0.4 is 0 Å². The van der Waals surface area contributed by atoms with Gasteiger partial charge in [-0.25, -0.2) is 0 Å². The van der Waals surface area contributed by atoms with E-state index in [1.165, 1.54) is 57.8 Å². The average Bonchev–Trinajstić information content (AvgIpc) is 2.25. The van der Waals surface area contributed by atoms with E-state index in [9.17, 15) is 0 Å². The molecule has 0 fully saturated rings. The van der Waals surface area contributed by atoms with Crippen LogP contribution in [-0.4, -0.2) is 17.2 Å². The summed E-state index contributed by atoms with van der Waals surface area (Å²) < 4.78 is 0. The number of hydrogen-bond donors (Lipinski definition) is 2. The molecule has 0 heterocycles. The van der Waals surface area contributed by atoms with E-state index in [0.717, 1.165) is 12.8 Å². The zero-order valence-electron chi connectivity index (χ0n) is 11.0. The Labute approximate surface area is 102 Å². The van der Waals surface area contributed by atoms with Crippen LogP contribution in [0.3, 0.4) is 0 Å². The molecule has 0 aliphatic heterocycles. The van der Waals surface area contributed by atoms with Crippen molar-refractivity contribution in [2.45, 2.75) is 83.9 Å². The minimum Gasteiger partial charge on any atom is -0.427 e. The van der Waals surface area contributed by atoms with E-state index in [1.54, 1.807) is 0 Å². The lowest BCUT2D eigenvalue weighted by atomic mass is 9.83. The first-order chi connectivity index (χ1) is 7.77. The number of hydrogen-bond acceptors (Lipinski definition) is 2. The van der Waals surface area contributed by atoms with Crippen LogP contribution in [0.4, 0.5) is 0 Å². The molecule has 0 aromatic carbocycles. The summed E-state index contributed by atoms with van der Waals surface area (Å²) in [6.45, 7) is 2.25. The summed E-state index contributed by atoms with van der Waals surface area (Å²) >= 11 is 0. The standard InChI is InChI=1S/C13H29BO2/c1-2-3-4-5-6-7-8-9-10-11-12-13-14(15)16/h15-16H,2-13H2,1H3. The summed E-state index contributed by atoms with van der Waals surface area (Å²) in [5.41, 5.74) is 0. The van der Waals surface area contributed by atoms with E-state index in [2.05, 4.69) is 6.92 Å². The molecule has 0 amide bonds. The highest BCUT2D eigenvalue weighted by Gasteiger charge is 2.04. The molecule has 0 radical (unpaired) electrons. The van der Waals surface area contributed by atoms with Crippen LogP contribution >= 0.6 is 0 Å². The summed E-state index contributed by atoms with van der Waals surface area (Å²) in [4.78, 5) is 0. The molecule has 96 valence electrons. The zero-order chi connectivity index (χ0) is 12.1. The Morgan fingerprint density at radius 2 is 1.00 bits per heavy atom. The zero-order valence-corrected chi connectivity index (χ0v) is 11.0. The second-order valence-electron chi connectivity index (χ2n) is 4.80. The molecule has 0 unspecified atom stereocenters. The minimum absolute atomic E-state index is 0.539. The molecule has 0 aliphatic carbocycles. The first-order valence-corrected chi connectivity index (χ1v) is 7.13. The molecule has 0 saturated carbocycles. The van der Waals surface area contributed by atoms with Gasteiger partial charge in [-0.15, -0.1) is 0 Å².